The molecule has 2 unspecified atom stereocenters. The number of aliphatic hydroxyl groups excluding tert-OH is 1. The summed E-state index contributed by atoms with van der Waals surface area (Å²) in [5.74, 6) is 1.20. The standard InChI is InChI=1S/C13H21NO3S2/c1-10(9-18-3)8-14-19(16,17)13-6-4-5-12(7-13)11(2)15/h4-7,10-11,14-15H,8-9H2,1-3H3. The van der Waals surface area contributed by atoms with E-state index in [-0.39, 0.29) is 10.8 Å². The van der Waals surface area contributed by atoms with Crippen LogP contribution in [0.2, 0.25) is 0 Å². The molecule has 0 heterocycles. The van der Waals surface area contributed by atoms with Crippen molar-refractivity contribution in [2.24, 2.45) is 5.92 Å². The Hall–Kier alpha value is -0.560. The summed E-state index contributed by atoms with van der Waals surface area (Å²) in [4.78, 5) is 0.197. The molecule has 108 valence electrons. The summed E-state index contributed by atoms with van der Waals surface area (Å²) in [7, 11) is -3.50. The third kappa shape index (κ3) is 5.14. The molecule has 0 saturated carbocycles. The lowest BCUT2D eigenvalue weighted by Crippen LogP contribution is -2.29. The number of hydrogen-bond acceptors (Lipinski definition) is 4. The summed E-state index contributed by atoms with van der Waals surface area (Å²) in [5, 5.41) is 9.48. The van der Waals surface area contributed by atoms with Gasteiger partial charge in [-0.05, 0) is 42.5 Å². The van der Waals surface area contributed by atoms with Crippen molar-refractivity contribution < 1.29 is 13.5 Å². The highest BCUT2D eigenvalue weighted by Gasteiger charge is 2.16. The van der Waals surface area contributed by atoms with Gasteiger partial charge in [0.15, 0.2) is 0 Å². The molecule has 1 rings (SSSR count). The minimum Gasteiger partial charge on any atom is -0.389 e. The van der Waals surface area contributed by atoms with Crippen LogP contribution in [0.5, 0.6) is 0 Å². The summed E-state index contributed by atoms with van der Waals surface area (Å²) in [6.45, 7) is 4.03. The van der Waals surface area contributed by atoms with Gasteiger partial charge >= 0.3 is 0 Å². The number of nitrogens with one attached hydrogen (secondary N) is 1. The molecule has 1 aromatic carbocycles. The lowest BCUT2D eigenvalue weighted by Gasteiger charge is -2.13. The van der Waals surface area contributed by atoms with Gasteiger partial charge in [0.1, 0.15) is 0 Å². The van der Waals surface area contributed by atoms with Crippen LogP contribution < -0.4 is 4.72 Å². The third-order valence-corrected chi connectivity index (χ3v) is 5.05. The molecule has 0 aliphatic heterocycles. The highest BCUT2D eigenvalue weighted by atomic mass is 32.2. The molecule has 0 aliphatic carbocycles. The summed E-state index contributed by atoms with van der Waals surface area (Å²) in [6.07, 6.45) is 1.32. The van der Waals surface area contributed by atoms with E-state index in [9.17, 15) is 13.5 Å². The van der Waals surface area contributed by atoms with Gasteiger partial charge < -0.3 is 5.11 Å². The first kappa shape index (κ1) is 16.5. The molecule has 19 heavy (non-hydrogen) atoms. The van der Waals surface area contributed by atoms with Crippen LogP contribution >= 0.6 is 11.8 Å². The van der Waals surface area contributed by atoms with Gasteiger partial charge in [-0.1, -0.05) is 19.1 Å². The van der Waals surface area contributed by atoms with Crippen molar-refractivity contribution in [3.63, 3.8) is 0 Å². The van der Waals surface area contributed by atoms with Gasteiger partial charge in [0, 0.05) is 6.54 Å². The highest BCUT2D eigenvalue weighted by Crippen LogP contribution is 2.17. The van der Waals surface area contributed by atoms with Crippen molar-refractivity contribution in [1.82, 2.24) is 4.72 Å². The molecule has 0 aromatic heterocycles. The van der Waals surface area contributed by atoms with Crippen molar-refractivity contribution >= 4 is 21.8 Å². The van der Waals surface area contributed by atoms with E-state index >= 15 is 0 Å². The topological polar surface area (TPSA) is 66.4 Å². The average molecular weight is 303 g/mol. The maximum atomic E-state index is 12.1. The smallest absolute Gasteiger partial charge is 0.240 e. The maximum absolute atomic E-state index is 12.1. The molecular formula is C13H21NO3S2. The summed E-state index contributed by atoms with van der Waals surface area (Å²) < 4.78 is 26.8. The first-order valence-corrected chi connectivity index (χ1v) is 9.01. The van der Waals surface area contributed by atoms with Gasteiger partial charge in [0.05, 0.1) is 11.0 Å². The van der Waals surface area contributed by atoms with Gasteiger partial charge in [-0.3, -0.25) is 0 Å². The third-order valence-electron chi connectivity index (χ3n) is 2.72. The number of thioether (sulfide) groups is 1. The predicted molar refractivity (Wildman–Crippen MR) is 79.8 cm³/mol. The van der Waals surface area contributed by atoms with Gasteiger partial charge in [0.2, 0.25) is 10.0 Å². The molecule has 6 heteroatoms. The largest absolute Gasteiger partial charge is 0.389 e. The second-order valence-electron chi connectivity index (χ2n) is 4.66. The SMILES string of the molecule is CSCC(C)CNS(=O)(=O)c1cccc(C(C)O)c1. The highest BCUT2D eigenvalue weighted by molar-refractivity contribution is 7.98. The Morgan fingerprint density at radius 2 is 2.05 bits per heavy atom. The van der Waals surface area contributed by atoms with Crippen LogP contribution in [0, 0.1) is 5.92 Å². The second-order valence-corrected chi connectivity index (χ2v) is 7.34. The van der Waals surface area contributed by atoms with Crippen molar-refractivity contribution in [3.05, 3.63) is 29.8 Å². The van der Waals surface area contributed by atoms with E-state index in [1.54, 1.807) is 30.8 Å². The van der Waals surface area contributed by atoms with Crippen LogP contribution in [-0.4, -0.2) is 32.1 Å². The second kappa shape index (κ2) is 7.28. The fourth-order valence-corrected chi connectivity index (χ4v) is 3.53. The predicted octanol–water partition coefficient (Wildman–Crippen LogP) is 2.02. The van der Waals surface area contributed by atoms with E-state index in [2.05, 4.69) is 4.72 Å². The Bertz CT molecular complexity index is 500. The average Bonchev–Trinajstić information content (AvgIpc) is 2.37. The van der Waals surface area contributed by atoms with Crippen molar-refractivity contribution in [2.75, 3.05) is 18.6 Å². The Balaban J connectivity index is 2.80. The number of sulfonamides is 1. The summed E-state index contributed by atoms with van der Waals surface area (Å²) in [5.41, 5.74) is 0.597. The Labute approximate surface area is 119 Å². The van der Waals surface area contributed by atoms with Crippen LogP contribution in [0.3, 0.4) is 0 Å². The quantitative estimate of drug-likeness (QED) is 0.809. The van der Waals surface area contributed by atoms with Crippen LogP contribution in [0.1, 0.15) is 25.5 Å². The van der Waals surface area contributed by atoms with Crippen molar-refractivity contribution in [2.45, 2.75) is 24.8 Å². The lowest BCUT2D eigenvalue weighted by molar-refractivity contribution is 0.199. The Kier molecular flexibility index (Phi) is 6.32. The minimum atomic E-state index is -3.50. The fourth-order valence-electron chi connectivity index (χ4n) is 1.62. The van der Waals surface area contributed by atoms with Crippen LogP contribution in [0.15, 0.2) is 29.2 Å². The van der Waals surface area contributed by atoms with E-state index in [0.717, 1.165) is 5.75 Å². The molecule has 2 N–H and O–H groups in total. The van der Waals surface area contributed by atoms with Crippen molar-refractivity contribution in [3.8, 4) is 0 Å². The van der Waals surface area contributed by atoms with Gasteiger partial charge in [-0.15, -0.1) is 0 Å². The minimum absolute atomic E-state index is 0.197. The van der Waals surface area contributed by atoms with Crippen LogP contribution in [-0.2, 0) is 10.0 Å². The lowest BCUT2D eigenvalue weighted by atomic mass is 10.1. The van der Waals surface area contributed by atoms with E-state index in [1.165, 1.54) is 12.1 Å². The van der Waals surface area contributed by atoms with Crippen molar-refractivity contribution in [1.29, 1.82) is 0 Å². The molecule has 0 radical (unpaired) electrons. The molecule has 0 saturated heterocycles. The summed E-state index contributed by atoms with van der Waals surface area (Å²) in [6, 6.07) is 6.39. The van der Waals surface area contributed by atoms with E-state index in [1.807, 2.05) is 13.2 Å². The first-order valence-electron chi connectivity index (χ1n) is 6.13. The van der Waals surface area contributed by atoms with Gasteiger partial charge in [-0.25, -0.2) is 13.1 Å². The first-order chi connectivity index (χ1) is 8.86. The molecule has 0 bridgehead atoms. The monoisotopic (exact) mass is 303 g/mol. The number of hydrogen-bond donors (Lipinski definition) is 2. The molecule has 0 aliphatic rings. The molecule has 2 atom stereocenters. The Morgan fingerprint density at radius 1 is 1.37 bits per heavy atom. The number of rotatable bonds is 7. The molecule has 0 fully saturated rings. The molecule has 4 nitrogen and oxygen atoms in total. The normalized spacial score (nSPS) is 15.2. The molecule has 1 aromatic rings. The van der Waals surface area contributed by atoms with Crippen LogP contribution in [0.4, 0.5) is 0 Å². The maximum Gasteiger partial charge on any atom is 0.240 e. The fraction of sp³-hybridized carbons (Fsp3) is 0.538. The molecule has 0 spiro atoms. The van der Waals surface area contributed by atoms with E-state index in [4.69, 9.17) is 0 Å². The van der Waals surface area contributed by atoms with E-state index < -0.39 is 16.1 Å². The number of benzene rings is 1. The van der Waals surface area contributed by atoms with Gasteiger partial charge in [0.25, 0.3) is 0 Å². The zero-order valence-electron chi connectivity index (χ0n) is 11.5. The summed E-state index contributed by atoms with van der Waals surface area (Å²) >= 11 is 1.69. The van der Waals surface area contributed by atoms with Crippen LogP contribution in [0.25, 0.3) is 0 Å². The zero-order valence-corrected chi connectivity index (χ0v) is 13.1. The van der Waals surface area contributed by atoms with Gasteiger partial charge in [-0.2, -0.15) is 11.8 Å². The number of aliphatic hydroxyl groups is 1. The van der Waals surface area contributed by atoms with E-state index in [0.29, 0.717) is 12.1 Å². The Morgan fingerprint density at radius 3 is 2.63 bits per heavy atom. The zero-order chi connectivity index (χ0) is 14.5. The molecule has 0 amide bonds. The molecular weight excluding hydrogens is 282 g/mol.